The van der Waals surface area contributed by atoms with E-state index in [0.29, 0.717) is 0 Å². The van der Waals surface area contributed by atoms with Crippen LogP contribution in [0.1, 0.15) is 35.1 Å². The third kappa shape index (κ3) is 4.74. The number of rotatable bonds is 7. The fourth-order valence-corrected chi connectivity index (χ4v) is 4.44. The van der Waals surface area contributed by atoms with Gasteiger partial charge in [-0.25, -0.2) is 9.78 Å². The van der Waals surface area contributed by atoms with Crippen LogP contribution in [0.15, 0.2) is 60.7 Å². The third-order valence-corrected chi connectivity index (χ3v) is 6.09. The first-order chi connectivity index (χ1) is 15.5. The number of pyridine rings is 1. The summed E-state index contributed by atoms with van der Waals surface area (Å²) in [4.78, 5) is 16.1. The lowest BCUT2D eigenvalue weighted by Crippen LogP contribution is -2.30. The minimum atomic E-state index is -1.25. The number of halogens is 2. The summed E-state index contributed by atoms with van der Waals surface area (Å²) >= 11 is 11.7. The molecule has 1 aromatic heterocycles. The second-order valence-corrected chi connectivity index (χ2v) is 8.31. The molecule has 8 heteroatoms. The van der Waals surface area contributed by atoms with Crippen molar-refractivity contribution in [3.8, 4) is 11.1 Å². The lowest BCUT2D eigenvalue weighted by atomic mass is 9.98. The summed E-state index contributed by atoms with van der Waals surface area (Å²) in [5.74, 6) is -0.0277. The maximum absolute atomic E-state index is 12.2. The Morgan fingerprint density at radius 3 is 2.25 bits per heavy atom. The molecule has 0 saturated carbocycles. The second kappa shape index (κ2) is 9.88. The zero-order valence-electron chi connectivity index (χ0n) is 17.0. The van der Waals surface area contributed by atoms with Crippen molar-refractivity contribution < 1.29 is 19.7 Å². The molecule has 3 aromatic rings. The summed E-state index contributed by atoms with van der Waals surface area (Å²) in [7, 11) is 0. The first-order valence-electron chi connectivity index (χ1n) is 10.2. The summed E-state index contributed by atoms with van der Waals surface area (Å²) in [6, 6.07) is 19.2. The van der Waals surface area contributed by atoms with Crippen LogP contribution < -0.4 is 5.32 Å². The van der Waals surface area contributed by atoms with Gasteiger partial charge in [-0.1, -0.05) is 77.8 Å². The van der Waals surface area contributed by atoms with Crippen LogP contribution in [0.4, 0.5) is 4.79 Å². The Bertz CT molecular complexity index is 1080. The molecule has 1 aliphatic carbocycles. The summed E-state index contributed by atoms with van der Waals surface area (Å²) in [5.41, 5.74) is 4.85. The summed E-state index contributed by atoms with van der Waals surface area (Å²) in [5, 5.41) is 23.4. The molecule has 0 aliphatic heterocycles. The molecule has 1 heterocycles. The normalized spacial score (nSPS) is 14.4. The SMILES string of the molecule is O=C(NCCC(O)C(O)c1ccc(Cl)nc1Cl)OCC1c2ccccc2-c2ccccc21. The van der Waals surface area contributed by atoms with E-state index >= 15 is 0 Å². The predicted octanol–water partition coefficient (Wildman–Crippen LogP) is 4.71. The van der Waals surface area contributed by atoms with Gasteiger partial charge in [-0.2, -0.15) is 0 Å². The van der Waals surface area contributed by atoms with Gasteiger partial charge < -0.3 is 20.3 Å². The summed E-state index contributed by atoms with van der Waals surface area (Å²) in [6.45, 7) is 0.324. The van der Waals surface area contributed by atoms with Crippen molar-refractivity contribution in [1.29, 1.82) is 0 Å². The number of hydrogen-bond acceptors (Lipinski definition) is 5. The maximum Gasteiger partial charge on any atom is 0.407 e. The van der Waals surface area contributed by atoms with E-state index in [9.17, 15) is 15.0 Å². The van der Waals surface area contributed by atoms with Crippen molar-refractivity contribution in [1.82, 2.24) is 10.3 Å². The van der Waals surface area contributed by atoms with Gasteiger partial charge in [0.05, 0.1) is 6.10 Å². The molecule has 1 amide bonds. The number of carbonyl (C=O) groups is 1. The highest BCUT2D eigenvalue weighted by Gasteiger charge is 2.29. The van der Waals surface area contributed by atoms with Gasteiger partial charge in [0, 0.05) is 18.0 Å². The number of aromatic nitrogens is 1. The molecular formula is C24H22Cl2N2O4. The monoisotopic (exact) mass is 472 g/mol. The van der Waals surface area contributed by atoms with E-state index in [1.54, 1.807) is 0 Å². The number of fused-ring (bicyclic) bond motifs is 3. The first-order valence-corrected chi connectivity index (χ1v) is 11.0. The largest absolute Gasteiger partial charge is 0.449 e. The minimum absolute atomic E-state index is 0.0218. The fourth-order valence-electron chi connectivity index (χ4n) is 3.98. The molecule has 0 saturated heterocycles. The van der Waals surface area contributed by atoms with Crippen molar-refractivity contribution in [3.05, 3.63) is 87.7 Å². The number of amides is 1. The Morgan fingerprint density at radius 2 is 1.62 bits per heavy atom. The number of carbonyl (C=O) groups excluding carboxylic acids is 1. The molecule has 3 N–H and O–H groups in total. The molecule has 1 aliphatic rings. The quantitative estimate of drug-likeness (QED) is 0.433. The van der Waals surface area contributed by atoms with Crippen molar-refractivity contribution in [3.63, 3.8) is 0 Å². The molecule has 4 rings (SSSR count). The average Bonchev–Trinajstić information content (AvgIpc) is 3.11. The standard InChI is InChI=1S/C24H22Cl2N2O4/c25-21-10-9-18(23(26)28-21)22(30)20(29)11-12-27-24(31)32-13-19-16-7-3-1-5-14(16)15-6-2-4-8-17(15)19/h1-10,19-20,22,29-30H,11-13H2,(H,27,31). The number of alkyl carbamates (subject to hydrolysis) is 1. The number of aliphatic hydroxyl groups is 2. The number of nitrogens with one attached hydrogen (secondary N) is 1. The molecule has 2 atom stereocenters. The van der Waals surface area contributed by atoms with Crippen LogP contribution in [-0.4, -0.2) is 40.5 Å². The molecule has 6 nitrogen and oxygen atoms in total. The van der Waals surface area contributed by atoms with Crippen LogP contribution in [0.2, 0.25) is 10.3 Å². The van der Waals surface area contributed by atoms with Crippen LogP contribution in [0.5, 0.6) is 0 Å². The molecule has 0 fully saturated rings. The fraction of sp³-hybridized carbons (Fsp3) is 0.250. The Hall–Kier alpha value is -2.64. The second-order valence-electron chi connectivity index (χ2n) is 7.57. The van der Waals surface area contributed by atoms with E-state index in [0.717, 1.165) is 22.3 Å². The molecule has 2 unspecified atom stereocenters. The van der Waals surface area contributed by atoms with Gasteiger partial charge in [0.1, 0.15) is 23.0 Å². The van der Waals surface area contributed by atoms with Crippen molar-refractivity contribution >= 4 is 29.3 Å². The minimum Gasteiger partial charge on any atom is -0.449 e. The number of benzene rings is 2. The van der Waals surface area contributed by atoms with Gasteiger partial charge in [-0.3, -0.25) is 0 Å². The molecule has 0 spiro atoms. The molecule has 166 valence electrons. The van der Waals surface area contributed by atoms with E-state index in [1.807, 2.05) is 24.3 Å². The van der Waals surface area contributed by atoms with Gasteiger partial charge in [0.15, 0.2) is 0 Å². The van der Waals surface area contributed by atoms with Crippen molar-refractivity contribution in [2.24, 2.45) is 0 Å². The van der Waals surface area contributed by atoms with E-state index < -0.39 is 18.3 Å². The highest BCUT2D eigenvalue weighted by atomic mass is 35.5. The van der Waals surface area contributed by atoms with Crippen molar-refractivity contribution in [2.75, 3.05) is 13.2 Å². The Balaban J connectivity index is 1.29. The van der Waals surface area contributed by atoms with Crippen LogP contribution in [0.3, 0.4) is 0 Å². The number of ether oxygens (including phenoxy) is 1. The molecule has 2 aromatic carbocycles. The third-order valence-electron chi connectivity index (χ3n) is 5.58. The van der Waals surface area contributed by atoms with E-state index in [1.165, 1.54) is 12.1 Å². The molecule has 0 bridgehead atoms. The van der Waals surface area contributed by atoms with Gasteiger partial charge in [-0.05, 0) is 34.7 Å². The average molecular weight is 473 g/mol. The zero-order chi connectivity index (χ0) is 22.7. The number of nitrogens with zero attached hydrogens (tertiary/aromatic N) is 1. The number of aliphatic hydroxyl groups excluding tert-OH is 2. The van der Waals surface area contributed by atoms with Gasteiger partial charge in [0.25, 0.3) is 0 Å². The van der Waals surface area contributed by atoms with Gasteiger partial charge in [0.2, 0.25) is 0 Å². The zero-order valence-corrected chi connectivity index (χ0v) is 18.6. The highest BCUT2D eigenvalue weighted by molar-refractivity contribution is 6.32. The van der Waals surface area contributed by atoms with Crippen LogP contribution in [0, 0.1) is 0 Å². The molecule has 0 radical (unpaired) electrons. The Kier molecular flexibility index (Phi) is 6.96. The topological polar surface area (TPSA) is 91.7 Å². The highest BCUT2D eigenvalue weighted by Crippen LogP contribution is 2.44. The van der Waals surface area contributed by atoms with E-state index in [-0.39, 0.29) is 41.4 Å². The smallest absolute Gasteiger partial charge is 0.407 e. The van der Waals surface area contributed by atoms with Gasteiger partial charge in [-0.15, -0.1) is 0 Å². The predicted molar refractivity (Wildman–Crippen MR) is 123 cm³/mol. The lowest BCUT2D eigenvalue weighted by Gasteiger charge is -2.19. The van der Waals surface area contributed by atoms with E-state index in [2.05, 4.69) is 34.6 Å². The lowest BCUT2D eigenvalue weighted by molar-refractivity contribution is 0.0135. The van der Waals surface area contributed by atoms with Crippen LogP contribution >= 0.6 is 23.2 Å². The maximum atomic E-state index is 12.2. The molecular weight excluding hydrogens is 451 g/mol. The van der Waals surface area contributed by atoms with E-state index in [4.69, 9.17) is 27.9 Å². The Morgan fingerprint density at radius 1 is 1.00 bits per heavy atom. The van der Waals surface area contributed by atoms with Crippen LogP contribution in [-0.2, 0) is 4.74 Å². The molecule has 32 heavy (non-hydrogen) atoms. The first kappa shape index (κ1) is 22.6. The summed E-state index contributed by atoms with van der Waals surface area (Å²) < 4.78 is 5.46. The van der Waals surface area contributed by atoms with Crippen molar-refractivity contribution in [2.45, 2.75) is 24.5 Å². The Labute approximate surface area is 195 Å². The van der Waals surface area contributed by atoms with Crippen LogP contribution in [0.25, 0.3) is 11.1 Å². The van der Waals surface area contributed by atoms with Gasteiger partial charge >= 0.3 is 6.09 Å². The summed E-state index contributed by atoms with van der Waals surface area (Å²) in [6.07, 6.45) is -2.88. The number of hydrogen-bond donors (Lipinski definition) is 3.